The molecule has 5 heteroatoms. The minimum atomic E-state index is -0.295. The maximum Gasteiger partial charge on any atom is 0.241 e. The molecule has 23 heavy (non-hydrogen) atoms. The van der Waals surface area contributed by atoms with E-state index in [4.69, 9.17) is 11.6 Å². The van der Waals surface area contributed by atoms with Gasteiger partial charge in [0, 0.05) is 35.6 Å². The smallest absolute Gasteiger partial charge is 0.241 e. The highest BCUT2D eigenvalue weighted by molar-refractivity contribution is 6.31. The van der Waals surface area contributed by atoms with Gasteiger partial charge in [-0.2, -0.15) is 0 Å². The highest BCUT2D eigenvalue weighted by Crippen LogP contribution is 2.23. The molecule has 1 atom stereocenters. The third kappa shape index (κ3) is 5.05. The maximum absolute atomic E-state index is 12.2. The first-order chi connectivity index (χ1) is 11.1. The Morgan fingerprint density at radius 3 is 2.74 bits per heavy atom. The lowest BCUT2D eigenvalue weighted by molar-refractivity contribution is -0.118. The highest BCUT2D eigenvalue weighted by Gasteiger charge is 2.23. The number of fused-ring (bicyclic) bond motifs is 1. The molecule has 2 N–H and O–H groups in total. The Morgan fingerprint density at radius 1 is 1.26 bits per heavy atom. The number of nitrogens with zero attached hydrogens (tertiary/aromatic N) is 1. The summed E-state index contributed by atoms with van der Waals surface area (Å²) in [5, 5.41) is 6.80. The minimum Gasteiger partial charge on any atom is -0.324 e. The van der Waals surface area contributed by atoms with Gasteiger partial charge in [-0.25, -0.2) is 0 Å². The number of hydrogen-bond acceptors (Lipinski definition) is 3. The molecule has 2 heterocycles. The van der Waals surface area contributed by atoms with Gasteiger partial charge in [0.1, 0.15) is 0 Å². The second-order valence-electron chi connectivity index (χ2n) is 5.46. The number of nitrogens with one attached hydrogen (secondary N) is 2. The monoisotopic (exact) mass is 331 g/mol. The van der Waals surface area contributed by atoms with E-state index in [1.165, 1.54) is 6.42 Å². The number of hydrogen-bond donors (Lipinski definition) is 2. The van der Waals surface area contributed by atoms with Gasteiger partial charge in [-0.1, -0.05) is 44.0 Å². The Hall–Kier alpha value is -1.91. The molecule has 0 bridgehead atoms. The Labute approximate surface area is 142 Å². The molecule has 1 aromatic heterocycles. The summed E-state index contributed by atoms with van der Waals surface area (Å²) in [6.45, 7) is 4.88. The van der Waals surface area contributed by atoms with E-state index in [2.05, 4.69) is 29.5 Å². The van der Waals surface area contributed by atoms with Crippen LogP contribution >= 0.6 is 11.6 Å². The van der Waals surface area contributed by atoms with Gasteiger partial charge in [-0.15, -0.1) is 0 Å². The average molecular weight is 332 g/mol. The molecule has 0 radical (unpaired) electrons. The van der Waals surface area contributed by atoms with Crippen molar-refractivity contribution in [3.63, 3.8) is 0 Å². The summed E-state index contributed by atoms with van der Waals surface area (Å²) < 4.78 is 0. The molecule has 0 saturated heterocycles. The van der Waals surface area contributed by atoms with Gasteiger partial charge in [0.2, 0.25) is 5.91 Å². The van der Waals surface area contributed by atoms with E-state index >= 15 is 0 Å². The third-order valence-electron chi connectivity index (χ3n) is 3.32. The summed E-state index contributed by atoms with van der Waals surface area (Å²) >= 11 is 5.96. The summed E-state index contributed by atoms with van der Waals surface area (Å²) in [6, 6.07) is 10.9. The zero-order valence-corrected chi connectivity index (χ0v) is 14.2. The van der Waals surface area contributed by atoms with Crippen LogP contribution in [0, 0.1) is 0 Å². The Bertz CT molecular complexity index is 646. The number of carbonyl (C=O) groups excluding carboxylic acids is 1. The summed E-state index contributed by atoms with van der Waals surface area (Å²) in [5.41, 5.74) is 2.70. The van der Waals surface area contributed by atoms with Crippen molar-refractivity contribution in [1.29, 1.82) is 0 Å². The fourth-order valence-electron chi connectivity index (χ4n) is 2.26. The van der Waals surface area contributed by atoms with Gasteiger partial charge in [-0.05, 0) is 29.8 Å². The number of halogens is 1. The van der Waals surface area contributed by atoms with Crippen LogP contribution in [0.2, 0.25) is 5.02 Å². The Kier molecular flexibility index (Phi) is 6.56. The molecular weight excluding hydrogens is 310 g/mol. The largest absolute Gasteiger partial charge is 0.324 e. The van der Waals surface area contributed by atoms with Crippen LogP contribution in [0.4, 0.5) is 5.69 Å². The van der Waals surface area contributed by atoms with Crippen molar-refractivity contribution in [3.8, 4) is 0 Å². The molecule has 1 aromatic carbocycles. The SMILES string of the molecule is CCC.O=C1Nc2cc(Cl)ccc2CNC1Cc1ccccn1. The number of amides is 1. The topological polar surface area (TPSA) is 54.0 Å². The number of pyridine rings is 1. The lowest BCUT2D eigenvalue weighted by Gasteiger charge is -2.13. The molecule has 1 unspecified atom stereocenters. The molecule has 1 aliphatic heterocycles. The molecule has 0 saturated carbocycles. The van der Waals surface area contributed by atoms with E-state index in [-0.39, 0.29) is 11.9 Å². The van der Waals surface area contributed by atoms with E-state index < -0.39 is 0 Å². The zero-order chi connectivity index (χ0) is 16.7. The molecule has 1 amide bonds. The second kappa shape index (κ2) is 8.65. The van der Waals surface area contributed by atoms with Gasteiger partial charge >= 0.3 is 0 Å². The standard InChI is InChI=1S/C15H14ClN3O.C3H8/c16-11-5-4-10-9-18-14(15(20)19-13(10)7-11)8-12-3-1-2-6-17-12;1-3-2/h1-7,14,18H,8-9H2,(H,19,20);3H2,1-2H3. The summed E-state index contributed by atoms with van der Waals surface area (Å²) in [5.74, 6) is -0.0586. The quantitative estimate of drug-likeness (QED) is 0.880. The first kappa shape index (κ1) is 17.4. The van der Waals surface area contributed by atoms with Crippen LogP contribution in [0.3, 0.4) is 0 Å². The van der Waals surface area contributed by atoms with Crippen molar-refractivity contribution in [2.45, 2.75) is 39.3 Å². The Balaban J connectivity index is 0.000000595. The van der Waals surface area contributed by atoms with Crippen LogP contribution in [-0.4, -0.2) is 16.9 Å². The van der Waals surface area contributed by atoms with Gasteiger partial charge in [0.05, 0.1) is 6.04 Å². The van der Waals surface area contributed by atoms with E-state index in [1.54, 1.807) is 12.3 Å². The maximum atomic E-state index is 12.2. The van der Waals surface area contributed by atoms with Crippen molar-refractivity contribution in [2.75, 3.05) is 5.32 Å². The first-order valence-electron chi connectivity index (χ1n) is 7.86. The predicted molar refractivity (Wildman–Crippen MR) is 94.6 cm³/mol. The van der Waals surface area contributed by atoms with Gasteiger partial charge in [0.25, 0.3) is 0 Å². The van der Waals surface area contributed by atoms with Crippen molar-refractivity contribution in [3.05, 3.63) is 58.9 Å². The number of benzene rings is 1. The normalized spacial score (nSPS) is 16.5. The van der Waals surface area contributed by atoms with Crippen molar-refractivity contribution in [2.24, 2.45) is 0 Å². The number of aromatic nitrogens is 1. The summed E-state index contributed by atoms with van der Waals surface area (Å²) in [6.07, 6.45) is 3.55. The van der Waals surface area contributed by atoms with Crippen molar-refractivity contribution >= 4 is 23.2 Å². The van der Waals surface area contributed by atoms with Crippen LogP contribution in [0.15, 0.2) is 42.6 Å². The van der Waals surface area contributed by atoms with E-state index in [0.29, 0.717) is 18.0 Å². The van der Waals surface area contributed by atoms with Crippen LogP contribution in [0.1, 0.15) is 31.5 Å². The predicted octanol–water partition coefficient (Wildman–Crippen LogP) is 3.80. The second-order valence-corrected chi connectivity index (χ2v) is 5.89. The zero-order valence-electron chi connectivity index (χ0n) is 13.5. The first-order valence-corrected chi connectivity index (χ1v) is 8.24. The number of rotatable bonds is 2. The molecule has 0 aliphatic carbocycles. The van der Waals surface area contributed by atoms with Gasteiger partial charge in [-0.3, -0.25) is 9.78 Å². The fourth-order valence-corrected chi connectivity index (χ4v) is 2.43. The van der Waals surface area contributed by atoms with Crippen molar-refractivity contribution in [1.82, 2.24) is 10.3 Å². The van der Waals surface area contributed by atoms with Gasteiger partial charge in [0.15, 0.2) is 0 Å². The highest BCUT2D eigenvalue weighted by atomic mass is 35.5. The molecule has 3 rings (SSSR count). The molecule has 1 aliphatic rings. The van der Waals surface area contributed by atoms with Crippen LogP contribution in [0.5, 0.6) is 0 Å². The van der Waals surface area contributed by atoms with Gasteiger partial charge < -0.3 is 10.6 Å². The molecule has 4 nitrogen and oxygen atoms in total. The number of anilines is 1. The van der Waals surface area contributed by atoms with Crippen molar-refractivity contribution < 1.29 is 4.79 Å². The van der Waals surface area contributed by atoms with Crippen LogP contribution in [-0.2, 0) is 17.8 Å². The van der Waals surface area contributed by atoms with E-state index in [0.717, 1.165) is 16.9 Å². The minimum absolute atomic E-state index is 0.0586. The third-order valence-corrected chi connectivity index (χ3v) is 3.56. The molecule has 122 valence electrons. The van der Waals surface area contributed by atoms with Crippen LogP contribution in [0.25, 0.3) is 0 Å². The molecule has 0 spiro atoms. The van der Waals surface area contributed by atoms with E-state index in [1.807, 2.05) is 30.3 Å². The lowest BCUT2D eigenvalue weighted by Crippen LogP contribution is -2.39. The lowest BCUT2D eigenvalue weighted by atomic mass is 10.1. The fraction of sp³-hybridized carbons (Fsp3) is 0.333. The summed E-state index contributed by atoms with van der Waals surface area (Å²) in [4.78, 5) is 16.5. The average Bonchev–Trinajstić information content (AvgIpc) is 2.68. The molecule has 2 aromatic rings. The molecule has 0 fully saturated rings. The van der Waals surface area contributed by atoms with E-state index in [9.17, 15) is 4.79 Å². The number of carbonyl (C=O) groups is 1. The molecular formula is C18H22ClN3O. The summed E-state index contributed by atoms with van der Waals surface area (Å²) in [7, 11) is 0. The Morgan fingerprint density at radius 2 is 2.04 bits per heavy atom. The van der Waals surface area contributed by atoms with Crippen LogP contribution < -0.4 is 10.6 Å².